The zero-order valence-electron chi connectivity index (χ0n) is 13.3. The van der Waals surface area contributed by atoms with Crippen LogP contribution in [-0.4, -0.2) is 26.9 Å². The van der Waals surface area contributed by atoms with Crippen LogP contribution in [0.25, 0.3) is 0 Å². The lowest BCUT2D eigenvalue weighted by atomic mass is 10.2. The summed E-state index contributed by atoms with van der Waals surface area (Å²) in [6.07, 6.45) is 3.63. The number of nitrogens with zero attached hydrogens (tertiary/aromatic N) is 3. The third kappa shape index (κ3) is 3.68. The Balaban J connectivity index is 1.77. The van der Waals surface area contributed by atoms with Gasteiger partial charge in [0.2, 0.25) is 0 Å². The fourth-order valence-corrected chi connectivity index (χ4v) is 2.46. The Morgan fingerprint density at radius 1 is 1.38 bits per heavy atom. The van der Waals surface area contributed by atoms with Crippen LogP contribution < -0.4 is 5.32 Å². The van der Waals surface area contributed by atoms with E-state index in [0.29, 0.717) is 12.2 Å². The molecule has 124 valence electrons. The van der Waals surface area contributed by atoms with E-state index < -0.39 is 4.92 Å². The maximum atomic E-state index is 12.6. The Morgan fingerprint density at radius 3 is 2.79 bits per heavy atom. The quantitative estimate of drug-likeness (QED) is 0.673. The second kappa shape index (κ2) is 6.66. The first kappa shape index (κ1) is 15.9. The molecule has 1 aromatic carbocycles. The van der Waals surface area contributed by atoms with Gasteiger partial charge in [0.25, 0.3) is 5.69 Å². The first-order valence-electron chi connectivity index (χ1n) is 7.77. The van der Waals surface area contributed by atoms with Crippen LogP contribution in [0, 0.1) is 17.0 Å². The summed E-state index contributed by atoms with van der Waals surface area (Å²) in [6, 6.07) is 9.98. The number of nitro groups is 1. The summed E-state index contributed by atoms with van der Waals surface area (Å²) in [4.78, 5) is 29.1. The number of non-ortho nitro benzene ring substituents is 1. The van der Waals surface area contributed by atoms with Crippen LogP contribution in [0.4, 0.5) is 16.2 Å². The van der Waals surface area contributed by atoms with Gasteiger partial charge in [0.1, 0.15) is 0 Å². The molecule has 2 aromatic rings. The fourth-order valence-electron chi connectivity index (χ4n) is 2.46. The second-order valence-electron chi connectivity index (χ2n) is 5.87. The van der Waals surface area contributed by atoms with Gasteiger partial charge in [-0.25, -0.2) is 4.79 Å². The molecule has 24 heavy (non-hydrogen) atoms. The van der Waals surface area contributed by atoms with Crippen LogP contribution in [0.3, 0.4) is 0 Å². The molecule has 1 N–H and O–H groups in total. The molecule has 1 saturated carbocycles. The highest BCUT2D eigenvalue weighted by Gasteiger charge is 2.33. The van der Waals surface area contributed by atoms with E-state index in [0.717, 1.165) is 24.1 Å². The highest BCUT2D eigenvalue weighted by atomic mass is 16.6. The highest BCUT2D eigenvalue weighted by Crippen LogP contribution is 2.29. The molecular formula is C17H18N4O3. The van der Waals surface area contributed by atoms with Gasteiger partial charge in [-0.15, -0.1) is 0 Å². The van der Waals surface area contributed by atoms with Crippen molar-refractivity contribution in [1.29, 1.82) is 0 Å². The van der Waals surface area contributed by atoms with E-state index in [9.17, 15) is 14.9 Å². The number of carbonyl (C=O) groups excluding carboxylic acids is 1. The Labute approximate surface area is 139 Å². The number of amides is 2. The predicted molar refractivity (Wildman–Crippen MR) is 89.7 cm³/mol. The van der Waals surface area contributed by atoms with Gasteiger partial charge >= 0.3 is 6.03 Å². The van der Waals surface area contributed by atoms with Crippen LogP contribution in [0.15, 0.2) is 42.6 Å². The van der Waals surface area contributed by atoms with Crippen molar-refractivity contribution in [2.75, 3.05) is 5.32 Å². The summed E-state index contributed by atoms with van der Waals surface area (Å²) in [7, 11) is 0. The van der Waals surface area contributed by atoms with E-state index in [4.69, 9.17) is 0 Å². The van der Waals surface area contributed by atoms with Crippen molar-refractivity contribution < 1.29 is 9.72 Å². The minimum atomic E-state index is -0.471. The SMILES string of the molecule is Cc1ccc([N+](=O)[O-])cc1NC(=O)N(Cc1ccccn1)C1CC1. The van der Waals surface area contributed by atoms with Crippen molar-refractivity contribution in [2.45, 2.75) is 32.4 Å². The van der Waals surface area contributed by atoms with Crippen LogP contribution in [0.2, 0.25) is 0 Å². The van der Waals surface area contributed by atoms with Gasteiger partial charge in [0.15, 0.2) is 0 Å². The number of hydrogen-bond donors (Lipinski definition) is 1. The second-order valence-corrected chi connectivity index (χ2v) is 5.87. The summed E-state index contributed by atoms with van der Waals surface area (Å²) in [6.45, 7) is 2.23. The number of carbonyl (C=O) groups is 1. The number of hydrogen-bond acceptors (Lipinski definition) is 4. The molecule has 1 aromatic heterocycles. The van der Waals surface area contributed by atoms with Crippen molar-refractivity contribution in [3.63, 3.8) is 0 Å². The Morgan fingerprint density at radius 2 is 2.17 bits per heavy atom. The summed E-state index contributed by atoms with van der Waals surface area (Å²) < 4.78 is 0. The number of aromatic nitrogens is 1. The smallest absolute Gasteiger partial charge is 0.316 e. The monoisotopic (exact) mass is 326 g/mol. The maximum absolute atomic E-state index is 12.6. The number of benzene rings is 1. The van der Waals surface area contributed by atoms with E-state index in [2.05, 4.69) is 10.3 Å². The van der Waals surface area contributed by atoms with Gasteiger partial charge in [-0.3, -0.25) is 15.1 Å². The van der Waals surface area contributed by atoms with Crippen molar-refractivity contribution in [3.8, 4) is 0 Å². The Kier molecular flexibility index (Phi) is 4.41. The van der Waals surface area contributed by atoms with Gasteiger partial charge in [-0.2, -0.15) is 0 Å². The largest absolute Gasteiger partial charge is 0.322 e. The lowest BCUT2D eigenvalue weighted by Crippen LogP contribution is -2.36. The fraction of sp³-hybridized carbons (Fsp3) is 0.294. The van der Waals surface area contributed by atoms with Crippen LogP contribution in [0.5, 0.6) is 0 Å². The summed E-state index contributed by atoms with van der Waals surface area (Å²) in [5.41, 5.74) is 2.01. The molecule has 1 aliphatic carbocycles. The average molecular weight is 326 g/mol. The molecule has 1 heterocycles. The maximum Gasteiger partial charge on any atom is 0.322 e. The molecule has 7 nitrogen and oxygen atoms in total. The zero-order valence-corrected chi connectivity index (χ0v) is 13.3. The van der Waals surface area contributed by atoms with E-state index in [1.807, 2.05) is 18.2 Å². The lowest BCUT2D eigenvalue weighted by Gasteiger charge is -2.23. The molecule has 7 heteroatoms. The van der Waals surface area contributed by atoms with Gasteiger partial charge in [0.05, 0.1) is 22.8 Å². The first-order valence-corrected chi connectivity index (χ1v) is 7.77. The highest BCUT2D eigenvalue weighted by molar-refractivity contribution is 5.91. The van der Waals surface area contributed by atoms with Gasteiger partial charge in [0, 0.05) is 24.4 Å². The van der Waals surface area contributed by atoms with Crippen LogP contribution >= 0.6 is 0 Å². The van der Waals surface area contributed by atoms with E-state index in [-0.39, 0.29) is 17.8 Å². The number of nitro benzene ring substituents is 1. The third-order valence-corrected chi connectivity index (χ3v) is 3.98. The molecule has 0 aliphatic heterocycles. The van der Waals surface area contributed by atoms with Crippen LogP contribution in [0.1, 0.15) is 24.1 Å². The molecule has 3 rings (SSSR count). The van der Waals surface area contributed by atoms with E-state index in [1.165, 1.54) is 12.1 Å². The number of urea groups is 1. The van der Waals surface area contributed by atoms with Crippen molar-refractivity contribution >= 4 is 17.4 Å². The van der Waals surface area contributed by atoms with Gasteiger partial charge < -0.3 is 10.2 Å². The van der Waals surface area contributed by atoms with Crippen molar-refractivity contribution in [1.82, 2.24) is 9.88 Å². The number of anilines is 1. The Bertz CT molecular complexity index is 760. The average Bonchev–Trinajstić information content (AvgIpc) is 3.40. The van der Waals surface area contributed by atoms with Crippen molar-refractivity contribution in [3.05, 3.63) is 64.0 Å². The molecule has 0 atom stereocenters. The number of pyridine rings is 1. The Hall–Kier alpha value is -2.96. The zero-order chi connectivity index (χ0) is 17.1. The molecule has 0 bridgehead atoms. The minimum absolute atomic E-state index is 0.0430. The number of aryl methyl sites for hydroxylation is 1. The van der Waals surface area contributed by atoms with Crippen LogP contribution in [-0.2, 0) is 6.54 Å². The molecule has 2 amide bonds. The summed E-state index contributed by atoms with van der Waals surface area (Å²) in [5, 5.41) is 13.7. The number of nitrogens with one attached hydrogen (secondary N) is 1. The van der Waals surface area contributed by atoms with Gasteiger partial charge in [-0.05, 0) is 37.5 Å². The topological polar surface area (TPSA) is 88.4 Å². The molecule has 0 spiro atoms. The molecule has 0 saturated heterocycles. The summed E-state index contributed by atoms with van der Waals surface area (Å²) in [5.74, 6) is 0. The molecular weight excluding hydrogens is 308 g/mol. The number of rotatable bonds is 5. The molecule has 1 fully saturated rings. The van der Waals surface area contributed by atoms with Crippen molar-refractivity contribution in [2.24, 2.45) is 0 Å². The van der Waals surface area contributed by atoms with E-state index >= 15 is 0 Å². The first-order chi connectivity index (χ1) is 11.5. The molecule has 0 unspecified atom stereocenters. The third-order valence-electron chi connectivity index (χ3n) is 3.98. The molecule has 0 radical (unpaired) electrons. The summed E-state index contributed by atoms with van der Waals surface area (Å²) >= 11 is 0. The normalized spacial score (nSPS) is 13.4. The standard InChI is InChI=1S/C17H18N4O3/c1-12-5-6-15(21(23)24)10-16(12)19-17(22)20(14-7-8-14)11-13-4-2-3-9-18-13/h2-6,9-10,14H,7-8,11H2,1H3,(H,19,22). The predicted octanol–water partition coefficient (Wildman–Crippen LogP) is 3.49. The lowest BCUT2D eigenvalue weighted by molar-refractivity contribution is -0.384. The molecule has 1 aliphatic rings. The van der Waals surface area contributed by atoms with Gasteiger partial charge in [-0.1, -0.05) is 12.1 Å². The van der Waals surface area contributed by atoms with E-state index in [1.54, 1.807) is 24.1 Å². The minimum Gasteiger partial charge on any atom is -0.316 e.